The Hall–Kier alpha value is -2.00. The van der Waals surface area contributed by atoms with Crippen molar-refractivity contribution in [1.82, 2.24) is 0 Å². The second-order valence-electron chi connectivity index (χ2n) is 5.04. The van der Waals surface area contributed by atoms with Crippen molar-refractivity contribution in [3.8, 4) is 5.75 Å². The number of hydrogen-bond acceptors (Lipinski definition) is 3. The van der Waals surface area contributed by atoms with Gasteiger partial charge in [-0.05, 0) is 44.5 Å². The van der Waals surface area contributed by atoms with Gasteiger partial charge >= 0.3 is 5.97 Å². The van der Waals surface area contributed by atoms with Gasteiger partial charge < -0.3 is 9.47 Å². The predicted octanol–water partition coefficient (Wildman–Crippen LogP) is 4.71. The fourth-order valence-corrected chi connectivity index (χ4v) is 2.45. The van der Waals surface area contributed by atoms with Gasteiger partial charge in [-0.2, -0.15) is 0 Å². The average molecular weight is 319 g/mol. The molecule has 0 unspecified atom stereocenters. The van der Waals surface area contributed by atoms with Crippen LogP contribution in [-0.4, -0.2) is 12.6 Å². The van der Waals surface area contributed by atoms with E-state index in [1.807, 2.05) is 32.0 Å². The highest BCUT2D eigenvalue weighted by Gasteiger charge is 2.16. The molecule has 0 aliphatic heterocycles. The zero-order valence-corrected chi connectivity index (χ0v) is 13.7. The summed E-state index contributed by atoms with van der Waals surface area (Å²) in [6.07, 6.45) is 0. The molecule has 0 aromatic heterocycles. The van der Waals surface area contributed by atoms with Crippen LogP contribution in [0.25, 0.3) is 0 Å². The molecule has 2 rings (SSSR count). The third kappa shape index (κ3) is 3.80. The molecule has 0 heterocycles. The van der Waals surface area contributed by atoms with Crippen LogP contribution in [0.5, 0.6) is 5.75 Å². The third-order valence-corrected chi connectivity index (χ3v) is 3.67. The first-order valence-electron chi connectivity index (χ1n) is 7.17. The lowest BCUT2D eigenvalue weighted by atomic mass is 10.1. The lowest BCUT2D eigenvalue weighted by Crippen LogP contribution is -2.10. The van der Waals surface area contributed by atoms with Gasteiger partial charge in [0.05, 0.1) is 12.2 Å². The number of halogens is 1. The number of hydrogen-bond donors (Lipinski definition) is 0. The van der Waals surface area contributed by atoms with Crippen molar-refractivity contribution in [3.63, 3.8) is 0 Å². The summed E-state index contributed by atoms with van der Waals surface area (Å²) in [6, 6.07) is 11.1. The molecule has 0 aliphatic carbocycles. The Labute approximate surface area is 135 Å². The number of carbonyl (C=O) groups is 1. The topological polar surface area (TPSA) is 35.5 Å². The van der Waals surface area contributed by atoms with E-state index in [0.717, 1.165) is 11.3 Å². The molecular formula is C18H19ClO3. The average Bonchev–Trinajstić information content (AvgIpc) is 2.47. The highest BCUT2D eigenvalue weighted by atomic mass is 35.5. The minimum absolute atomic E-state index is 0.220. The molecule has 0 saturated heterocycles. The molecule has 2 aromatic carbocycles. The Kier molecular flexibility index (Phi) is 5.45. The summed E-state index contributed by atoms with van der Waals surface area (Å²) in [5.74, 6) is 0.393. The highest BCUT2D eigenvalue weighted by Crippen LogP contribution is 2.25. The number of rotatable bonds is 5. The molecule has 0 fully saturated rings. The zero-order chi connectivity index (χ0) is 16.1. The van der Waals surface area contributed by atoms with E-state index in [4.69, 9.17) is 21.1 Å². The second-order valence-corrected chi connectivity index (χ2v) is 5.45. The van der Waals surface area contributed by atoms with E-state index < -0.39 is 0 Å². The van der Waals surface area contributed by atoms with Gasteiger partial charge in [0.2, 0.25) is 0 Å². The number of benzene rings is 2. The molecule has 0 aliphatic rings. The van der Waals surface area contributed by atoms with Crippen molar-refractivity contribution < 1.29 is 14.3 Å². The minimum atomic E-state index is -0.385. The maximum Gasteiger partial charge on any atom is 0.338 e. The Morgan fingerprint density at radius 2 is 1.95 bits per heavy atom. The standard InChI is InChI=1S/C18H19ClO3/c1-4-21-18(20)14-6-5-7-16(19)15(14)11-22-17-9-8-12(2)10-13(17)3/h5-10H,4,11H2,1-3H3. The summed E-state index contributed by atoms with van der Waals surface area (Å²) in [7, 11) is 0. The van der Waals surface area contributed by atoms with Crippen LogP contribution in [0.2, 0.25) is 5.02 Å². The number of esters is 1. The Morgan fingerprint density at radius 3 is 2.64 bits per heavy atom. The van der Waals surface area contributed by atoms with Crippen molar-refractivity contribution >= 4 is 17.6 Å². The van der Waals surface area contributed by atoms with Crippen LogP contribution in [0.4, 0.5) is 0 Å². The van der Waals surface area contributed by atoms with Crippen LogP contribution < -0.4 is 4.74 Å². The van der Waals surface area contributed by atoms with E-state index in [2.05, 4.69) is 0 Å². The molecule has 0 amide bonds. The van der Waals surface area contributed by atoms with Gasteiger partial charge in [0, 0.05) is 10.6 Å². The summed E-state index contributed by atoms with van der Waals surface area (Å²) in [5.41, 5.74) is 3.31. The van der Waals surface area contributed by atoms with E-state index in [1.165, 1.54) is 5.56 Å². The fraction of sp³-hybridized carbons (Fsp3) is 0.278. The van der Waals surface area contributed by atoms with Gasteiger partial charge in [-0.25, -0.2) is 4.79 Å². The van der Waals surface area contributed by atoms with Gasteiger partial charge in [-0.15, -0.1) is 0 Å². The van der Waals surface area contributed by atoms with E-state index in [-0.39, 0.29) is 12.6 Å². The number of aryl methyl sites for hydroxylation is 2. The van der Waals surface area contributed by atoms with Crippen LogP contribution in [0.1, 0.15) is 34.0 Å². The molecule has 0 saturated carbocycles. The van der Waals surface area contributed by atoms with Crippen LogP contribution in [0, 0.1) is 13.8 Å². The largest absolute Gasteiger partial charge is 0.489 e. The molecule has 0 radical (unpaired) electrons. The lowest BCUT2D eigenvalue weighted by molar-refractivity contribution is 0.0523. The van der Waals surface area contributed by atoms with Gasteiger partial charge in [-0.1, -0.05) is 35.4 Å². The summed E-state index contributed by atoms with van der Waals surface area (Å²) >= 11 is 6.22. The molecule has 3 nitrogen and oxygen atoms in total. The number of ether oxygens (including phenoxy) is 2. The minimum Gasteiger partial charge on any atom is -0.489 e. The van der Waals surface area contributed by atoms with Crippen molar-refractivity contribution in [2.24, 2.45) is 0 Å². The normalized spacial score (nSPS) is 10.4. The zero-order valence-electron chi connectivity index (χ0n) is 13.0. The second kappa shape index (κ2) is 7.32. The smallest absolute Gasteiger partial charge is 0.338 e. The summed E-state index contributed by atoms with van der Waals surface area (Å²) in [6.45, 7) is 6.33. The molecule has 0 spiro atoms. The number of carbonyl (C=O) groups excluding carboxylic acids is 1. The van der Waals surface area contributed by atoms with Gasteiger partial charge in [0.25, 0.3) is 0 Å². The maximum absolute atomic E-state index is 12.0. The maximum atomic E-state index is 12.0. The summed E-state index contributed by atoms with van der Waals surface area (Å²) < 4.78 is 10.9. The van der Waals surface area contributed by atoms with Crippen LogP contribution >= 0.6 is 11.6 Å². The van der Waals surface area contributed by atoms with Crippen LogP contribution in [0.3, 0.4) is 0 Å². The van der Waals surface area contributed by atoms with Crippen molar-refractivity contribution in [1.29, 1.82) is 0 Å². The molecule has 2 aromatic rings. The SMILES string of the molecule is CCOC(=O)c1cccc(Cl)c1COc1ccc(C)cc1C. The molecule has 4 heteroatoms. The van der Waals surface area contributed by atoms with Crippen molar-refractivity contribution in [2.45, 2.75) is 27.4 Å². The van der Waals surface area contributed by atoms with Gasteiger partial charge in [0.1, 0.15) is 12.4 Å². The monoisotopic (exact) mass is 318 g/mol. The van der Waals surface area contributed by atoms with Crippen molar-refractivity contribution in [3.05, 3.63) is 63.7 Å². The Morgan fingerprint density at radius 1 is 1.18 bits per heavy atom. The summed E-state index contributed by atoms with van der Waals surface area (Å²) in [5, 5.41) is 0.496. The van der Waals surface area contributed by atoms with E-state index in [9.17, 15) is 4.79 Å². The molecule has 0 bridgehead atoms. The van der Waals surface area contributed by atoms with Gasteiger partial charge in [0.15, 0.2) is 0 Å². The van der Waals surface area contributed by atoms with Crippen molar-refractivity contribution in [2.75, 3.05) is 6.61 Å². The van der Waals surface area contributed by atoms with Gasteiger partial charge in [-0.3, -0.25) is 0 Å². The predicted molar refractivity (Wildman–Crippen MR) is 87.7 cm³/mol. The van der Waals surface area contributed by atoms with E-state index in [0.29, 0.717) is 22.8 Å². The molecule has 0 N–H and O–H groups in total. The first-order valence-corrected chi connectivity index (χ1v) is 7.55. The van der Waals surface area contributed by atoms with Crippen LogP contribution in [-0.2, 0) is 11.3 Å². The quantitative estimate of drug-likeness (QED) is 0.749. The Bertz CT molecular complexity index is 680. The third-order valence-electron chi connectivity index (χ3n) is 3.32. The Balaban J connectivity index is 2.23. The first kappa shape index (κ1) is 16.4. The highest BCUT2D eigenvalue weighted by molar-refractivity contribution is 6.31. The summed E-state index contributed by atoms with van der Waals surface area (Å²) in [4.78, 5) is 12.0. The first-order chi connectivity index (χ1) is 10.5. The van der Waals surface area contributed by atoms with Crippen LogP contribution in [0.15, 0.2) is 36.4 Å². The van der Waals surface area contributed by atoms with E-state index in [1.54, 1.807) is 25.1 Å². The lowest BCUT2D eigenvalue weighted by Gasteiger charge is -2.13. The molecule has 22 heavy (non-hydrogen) atoms. The molecule has 116 valence electrons. The van der Waals surface area contributed by atoms with E-state index >= 15 is 0 Å². The molecule has 0 atom stereocenters. The fourth-order valence-electron chi connectivity index (χ4n) is 2.22. The molecular weight excluding hydrogens is 300 g/mol.